The Morgan fingerprint density at radius 2 is 1.70 bits per heavy atom. The van der Waals surface area contributed by atoms with E-state index in [1.54, 1.807) is 0 Å². The summed E-state index contributed by atoms with van der Waals surface area (Å²) in [5.74, 6) is 2.55. The molecule has 1 saturated carbocycles. The fourth-order valence-electron chi connectivity index (χ4n) is 5.77. The summed E-state index contributed by atoms with van der Waals surface area (Å²) in [6, 6.07) is 16.7. The van der Waals surface area contributed by atoms with Crippen molar-refractivity contribution >= 4 is 11.6 Å². The van der Waals surface area contributed by atoms with Gasteiger partial charge in [-0.2, -0.15) is 0 Å². The summed E-state index contributed by atoms with van der Waals surface area (Å²) < 4.78 is 12.7. The molecule has 0 N–H and O–H groups in total. The summed E-state index contributed by atoms with van der Waals surface area (Å²) in [5.41, 5.74) is 2.14. The first kappa shape index (κ1) is 22.1. The van der Waals surface area contributed by atoms with Gasteiger partial charge in [-0.05, 0) is 38.0 Å². The number of carbonyl (C=O) groups is 1. The lowest BCUT2D eigenvalue weighted by Crippen LogP contribution is -2.51. The number of rotatable bonds is 5. The molecule has 33 heavy (non-hydrogen) atoms. The molecule has 5 heteroatoms. The number of likely N-dealkylation sites (tertiary alicyclic amines) is 1. The standard InChI is InChI=1S/C28H36N2O3/c1-2-32-25-13-7-5-11-23(25)21-30-20-17-28(33-26-14-8-6-12-24(26)30)15-18-29(19-16-28)27(31)22-9-3-4-10-22/h5-8,11-14,22H,2-4,9-10,15-21H2,1H3. The number of hydrogen-bond acceptors (Lipinski definition) is 4. The van der Waals surface area contributed by atoms with Crippen molar-refractivity contribution in [2.24, 2.45) is 5.92 Å². The highest BCUT2D eigenvalue weighted by atomic mass is 16.5. The average Bonchev–Trinajstić information content (AvgIpc) is 3.34. The number of para-hydroxylation sites is 3. The van der Waals surface area contributed by atoms with Gasteiger partial charge in [-0.1, -0.05) is 43.2 Å². The van der Waals surface area contributed by atoms with Crippen LogP contribution in [0.3, 0.4) is 0 Å². The minimum absolute atomic E-state index is 0.198. The van der Waals surface area contributed by atoms with E-state index in [0.717, 1.165) is 75.5 Å². The number of hydrogen-bond donors (Lipinski definition) is 0. The van der Waals surface area contributed by atoms with Crippen LogP contribution in [0.15, 0.2) is 48.5 Å². The quantitative estimate of drug-likeness (QED) is 0.612. The van der Waals surface area contributed by atoms with Gasteiger partial charge < -0.3 is 19.3 Å². The van der Waals surface area contributed by atoms with Crippen molar-refractivity contribution in [3.05, 3.63) is 54.1 Å². The van der Waals surface area contributed by atoms with E-state index < -0.39 is 0 Å². The normalized spacial score (nSPS) is 20.3. The van der Waals surface area contributed by atoms with E-state index in [-0.39, 0.29) is 11.5 Å². The van der Waals surface area contributed by atoms with Crippen LogP contribution in [0.1, 0.15) is 57.4 Å². The van der Waals surface area contributed by atoms with Gasteiger partial charge in [0.1, 0.15) is 17.1 Å². The minimum Gasteiger partial charge on any atom is -0.494 e. The average molecular weight is 449 g/mol. The molecule has 0 radical (unpaired) electrons. The second-order valence-corrected chi connectivity index (χ2v) is 9.77. The van der Waals surface area contributed by atoms with Gasteiger partial charge in [0.25, 0.3) is 0 Å². The first-order chi connectivity index (χ1) is 16.2. The zero-order chi connectivity index (χ0) is 22.7. The van der Waals surface area contributed by atoms with Crippen LogP contribution in [0.2, 0.25) is 0 Å². The Morgan fingerprint density at radius 3 is 2.48 bits per heavy atom. The maximum absolute atomic E-state index is 12.9. The van der Waals surface area contributed by atoms with Crippen LogP contribution in [0.25, 0.3) is 0 Å². The van der Waals surface area contributed by atoms with Gasteiger partial charge >= 0.3 is 0 Å². The topological polar surface area (TPSA) is 42.0 Å². The van der Waals surface area contributed by atoms with Gasteiger partial charge in [0.05, 0.1) is 12.3 Å². The van der Waals surface area contributed by atoms with Crippen LogP contribution in [-0.2, 0) is 11.3 Å². The van der Waals surface area contributed by atoms with E-state index in [1.165, 1.54) is 18.4 Å². The van der Waals surface area contributed by atoms with Crippen molar-refractivity contribution in [3.8, 4) is 11.5 Å². The zero-order valence-corrected chi connectivity index (χ0v) is 19.8. The van der Waals surface area contributed by atoms with Crippen molar-refractivity contribution < 1.29 is 14.3 Å². The molecule has 2 fully saturated rings. The molecule has 1 saturated heterocycles. The number of anilines is 1. The Labute approximate surface area is 197 Å². The van der Waals surface area contributed by atoms with E-state index in [2.05, 4.69) is 52.3 Å². The fraction of sp³-hybridized carbons (Fsp3) is 0.536. The Bertz CT molecular complexity index is 961. The molecule has 2 aromatic carbocycles. The van der Waals surface area contributed by atoms with E-state index in [4.69, 9.17) is 9.47 Å². The molecule has 5 rings (SSSR count). The van der Waals surface area contributed by atoms with Crippen LogP contribution in [-0.4, -0.2) is 42.6 Å². The third kappa shape index (κ3) is 4.68. The predicted octanol–water partition coefficient (Wildman–Crippen LogP) is 5.43. The molecule has 1 aliphatic carbocycles. The third-order valence-corrected chi connectivity index (χ3v) is 7.69. The summed E-state index contributed by atoms with van der Waals surface area (Å²) in [7, 11) is 0. The molecule has 2 aromatic rings. The van der Waals surface area contributed by atoms with Crippen molar-refractivity contribution in [3.63, 3.8) is 0 Å². The van der Waals surface area contributed by atoms with Gasteiger partial charge in [-0.15, -0.1) is 0 Å². The first-order valence-corrected chi connectivity index (χ1v) is 12.7. The summed E-state index contributed by atoms with van der Waals surface area (Å²) in [4.78, 5) is 17.5. The summed E-state index contributed by atoms with van der Waals surface area (Å²) >= 11 is 0. The lowest BCUT2D eigenvalue weighted by Gasteiger charge is -2.42. The molecular weight excluding hydrogens is 412 g/mol. The van der Waals surface area contributed by atoms with E-state index in [1.807, 2.05) is 13.0 Å². The number of benzene rings is 2. The SMILES string of the molecule is CCOc1ccccc1CN1CCC2(CCN(C(=O)C3CCCC3)CC2)Oc2ccccc21. The smallest absolute Gasteiger partial charge is 0.225 e. The lowest BCUT2D eigenvalue weighted by atomic mass is 9.87. The molecule has 2 aliphatic heterocycles. The molecule has 1 amide bonds. The van der Waals surface area contributed by atoms with Gasteiger partial charge in [-0.3, -0.25) is 4.79 Å². The summed E-state index contributed by atoms with van der Waals surface area (Å²) in [6.45, 7) is 6.03. The molecule has 5 nitrogen and oxygen atoms in total. The monoisotopic (exact) mass is 448 g/mol. The highest BCUT2D eigenvalue weighted by Crippen LogP contribution is 2.41. The van der Waals surface area contributed by atoms with Crippen molar-refractivity contribution in [2.75, 3.05) is 31.1 Å². The van der Waals surface area contributed by atoms with Crippen molar-refractivity contribution in [1.29, 1.82) is 0 Å². The predicted molar refractivity (Wildman–Crippen MR) is 131 cm³/mol. The summed E-state index contributed by atoms with van der Waals surface area (Å²) in [6.07, 6.45) is 7.33. The Kier molecular flexibility index (Phi) is 6.48. The maximum Gasteiger partial charge on any atom is 0.225 e. The number of amides is 1. The molecule has 0 aromatic heterocycles. The molecule has 1 spiro atoms. The Balaban J connectivity index is 1.32. The Hall–Kier alpha value is -2.69. The van der Waals surface area contributed by atoms with Gasteiger partial charge in [0, 0.05) is 56.9 Å². The molecule has 0 unspecified atom stereocenters. The molecule has 2 heterocycles. The number of carbonyl (C=O) groups excluding carboxylic acids is 1. The van der Waals surface area contributed by atoms with E-state index in [9.17, 15) is 4.79 Å². The molecule has 0 bridgehead atoms. The highest BCUT2D eigenvalue weighted by molar-refractivity contribution is 5.79. The lowest BCUT2D eigenvalue weighted by molar-refractivity contribution is -0.139. The van der Waals surface area contributed by atoms with Crippen LogP contribution < -0.4 is 14.4 Å². The second-order valence-electron chi connectivity index (χ2n) is 9.77. The van der Waals surface area contributed by atoms with Crippen LogP contribution >= 0.6 is 0 Å². The van der Waals surface area contributed by atoms with Crippen molar-refractivity contribution in [1.82, 2.24) is 4.90 Å². The molecule has 3 aliphatic rings. The summed E-state index contributed by atoms with van der Waals surface area (Å²) in [5, 5.41) is 0. The van der Waals surface area contributed by atoms with E-state index >= 15 is 0 Å². The van der Waals surface area contributed by atoms with Gasteiger partial charge in [0.2, 0.25) is 5.91 Å². The third-order valence-electron chi connectivity index (χ3n) is 7.69. The van der Waals surface area contributed by atoms with Crippen LogP contribution in [0.4, 0.5) is 5.69 Å². The zero-order valence-electron chi connectivity index (χ0n) is 19.8. The Morgan fingerprint density at radius 1 is 1.00 bits per heavy atom. The second kappa shape index (κ2) is 9.66. The number of fused-ring (bicyclic) bond motifs is 1. The van der Waals surface area contributed by atoms with Crippen molar-refractivity contribution in [2.45, 2.75) is 64.0 Å². The molecule has 176 valence electrons. The minimum atomic E-state index is -0.198. The number of nitrogens with zero attached hydrogens (tertiary/aromatic N) is 2. The van der Waals surface area contributed by atoms with E-state index in [0.29, 0.717) is 12.5 Å². The number of piperidine rings is 1. The van der Waals surface area contributed by atoms with Crippen LogP contribution in [0.5, 0.6) is 11.5 Å². The highest BCUT2D eigenvalue weighted by Gasteiger charge is 2.41. The van der Waals surface area contributed by atoms with Gasteiger partial charge in [0.15, 0.2) is 0 Å². The van der Waals surface area contributed by atoms with Crippen LogP contribution in [0, 0.1) is 5.92 Å². The fourth-order valence-corrected chi connectivity index (χ4v) is 5.77. The molecular formula is C28H36N2O3. The number of ether oxygens (including phenoxy) is 2. The molecule has 0 atom stereocenters. The van der Waals surface area contributed by atoms with Gasteiger partial charge in [-0.25, -0.2) is 0 Å². The first-order valence-electron chi connectivity index (χ1n) is 12.7. The maximum atomic E-state index is 12.9. The largest absolute Gasteiger partial charge is 0.494 e.